The van der Waals surface area contributed by atoms with Crippen molar-refractivity contribution in [3.63, 3.8) is 0 Å². The Hall–Kier alpha value is -1.18. The molecule has 1 amide bonds. The number of hydrogen-bond acceptors (Lipinski definition) is 3. The zero-order valence-corrected chi connectivity index (χ0v) is 13.3. The topological polar surface area (TPSA) is 72.2 Å². The van der Waals surface area contributed by atoms with E-state index < -0.39 is 4.92 Å². The molecule has 1 aromatic carbocycles. The molecule has 0 spiro atoms. The van der Waals surface area contributed by atoms with Crippen LogP contribution in [0, 0.1) is 19.6 Å². The minimum Gasteiger partial charge on any atom is -0.350 e. The van der Waals surface area contributed by atoms with Gasteiger partial charge >= 0.3 is 0 Å². The number of hydrogen-bond donors (Lipinski definition) is 1. The summed E-state index contributed by atoms with van der Waals surface area (Å²) in [6.45, 7) is 6.10. The molecule has 0 bridgehead atoms. The first-order valence-electron chi connectivity index (χ1n) is 6.06. The lowest BCUT2D eigenvalue weighted by Crippen LogP contribution is -2.33. The Kier molecular flexibility index (Phi) is 5.71. The van der Waals surface area contributed by atoms with Crippen molar-refractivity contribution in [3.8, 4) is 0 Å². The van der Waals surface area contributed by atoms with Crippen molar-refractivity contribution >= 4 is 34.2 Å². The van der Waals surface area contributed by atoms with Gasteiger partial charge in [0, 0.05) is 21.7 Å². The number of nitrogens with zero attached hydrogens (tertiary/aromatic N) is 1. The van der Waals surface area contributed by atoms with Crippen molar-refractivity contribution in [2.45, 2.75) is 33.2 Å². The highest BCUT2D eigenvalue weighted by Gasteiger charge is 2.17. The predicted octanol–water partition coefficient (Wildman–Crippen LogP) is 3.36. The van der Waals surface area contributed by atoms with Crippen LogP contribution in [-0.2, 0) is 0 Å². The van der Waals surface area contributed by atoms with Gasteiger partial charge in [0.15, 0.2) is 0 Å². The monoisotopic (exact) mass is 376 g/mol. The summed E-state index contributed by atoms with van der Waals surface area (Å²) in [6.07, 6.45) is 0.872. The van der Waals surface area contributed by atoms with Crippen LogP contribution in [-0.4, -0.2) is 16.9 Å². The molecule has 0 aliphatic rings. The van der Waals surface area contributed by atoms with Gasteiger partial charge in [0.1, 0.15) is 0 Å². The first kappa shape index (κ1) is 15.9. The van der Waals surface area contributed by atoms with E-state index in [2.05, 4.69) is 19.2 Å². The maximum absolute atomic E-state index is 12.1. The number of carbonyl (C=O) groups excluding carboxylic acids is 1. The van der Waals surface area contributed by atoms with E-state index in [-0.39, 0.29) is 17.6 Å². The molecular weight excluding hydrogens is 359 g/mol. The molecule has 1 rings (SSSR count). The van der Waals surface area contributed by atoms with Crippen LogP contribution < -0.4 is 5.32 Å². The van der Waals surface area contributed by atoms with Crippen LogP contribution in [0.1, 0.15) is 37.6 Å². The minimum atomic E-state index is -0.496. The number of nitro benzene ring substituents is 1. The van der Waals surface area contributed by atoms with Gasteiger partial charge in [-0.05, 0) is 47.9 Å². The maximum atomic E-state index is 12.1. The minimum absolute atomic E-state index is 0.0440. The van der Waals surface area contributed by atoms with Crippen molar-refractivity contribution in [1.82, 2.24) is 5.32 Å². The first-order chi connectivity index (χ1) is 8.81. The Morgan fingerprint density at radius 1 is 1.42 bits per heavy atom. The molecular formula is C13H17IN2O3. The summed E-state index contributed by atoms with van der Waals surface area (Å²) >= 11 is 2.00. The van der Waals surface area contributed by atoms with Gasteiger partial charge in [-0.25, -0.2) is 0 Å². The third kappa shape index (κ3) is 4.77. The lowest BCUT2D eigenvalue weighted by Gasteiger charge is -2.16. The van der Waals surface area contributed by atoms with E-state index in [1.54, 1.807) is 6.07 Å². The van der Waals surface area contributed by atoms with Gasteiger partial charge in [-0.1, -0.05) is 13.8 Å². The number of rotatable bonds is 5. The average Bonchev–Trinajstić information content (AvgIpc) is 2.27. The van der Waals surface area contributed by atoms with Gasteiger partial charge in [0.25, 0.3) is 11.6 Å². The van der Waals surface area contributed by atoms with Gasteiger partial charge in [-0.3, -0.25) is 14.9 Å². The fourth-order valence-corrected chi connectivity index (χ4v) is 2.45. The second kappa shape index (κ2) is 6.83. The summed E-state index contributed by atoms with van der Waals surface area (Å²) in [7, 11) is 0. The Bertz CT molecular complexity index is 489. The van der Waals surface area contributed by atoms with Crippen molar-refractivity contribution in [2.24, 2.45) is 5.92 Å². The third-order valence-corrected chi connectivity index (χ3v) is 3.55. The van der Waals surface area contributed by atoms with E-state index in [1.807, 2.05) is 29.5 Å². The standard InChI is InChI=1S/C13H17IN2O3/c1-8(2)6-9(3)15-13(17)11-7-10(16(18)19)4-5-12(11)14/h4-5,7-9H,6H2,1-3H3,(H,15,17). The van der Waals surface area contributed by atoms with Crippen molar-refractivity contribution in [3.05, 3.63) is 37.4 Å². The van der Waals surface area contributed by atoms with Crippen LogP contribution in [0.4, 0.5) is 5.69 Å². The first-order valence-corrected chi connectivity index (χ1v) is 7.14. The molecule has 0 fully saturated rings. The average molecular weight is 376 g/mol. The van der Waals surface area contributed by atoms with Gasteiger partial charge in [-0.2, -0.15) is 0 Å². The second-order valence-electron chi connectivity index (χ2n) is 4.93. The summed E-state index contributed by atoms with van der Waals surface area (Å²) in [6, 6.07) is 4.35. The van der Waals surface area contributed by atoms with Gasteiger partial charge in [0.05, 0.1) is 10.5 Å². The smallest absolute Gasteiger partial charge is 0.270 e. The normalized spacial score (nSPS) is 12.3. The van der Waals surface area contributed by atoms with Crippen molar-refractivity contribution < 1.29 is 9.72 Å². The van der Waals surface area contributed by atoms with Crippen molar-refractivity contribution in [1.29, 1.82) is 0 Å². The van der Waals surface area contributed by atoms with E-state index in [9.17, 15) is 14.9 Å². The quantitative estimate of drug-likeness (QED) is 0.487. The number of benzene rings is 1. The Balaban J connectivity index is 2.87. The Labute approximate surface area is 126 Å². The summed E-state index contributed by atoms with van der Waals surface area (Å²) in [4.78, 5) is 22.3. The molecule has 1 unspecified atom stereocenters. The van der Waals surface area contributed by atoms with Crippen molar-refractivity contribution in [2.75, 3.05) is 0 Å². The zero-order chi connectivity index (χ0) is 14.6. The predicted molar refractivity (Wildman–Crippen MR) is 82.2 cm³/mol. The summed E-state index contributed by atoms with van der Waals surface area (Å²) < 4.78 is 0.706. The fourth-order valence-electron chi connectivity index (χ4n) is 1.87. The van der Waals surface area contributed by atoms with Gasteiger partial charge in [-0.15, -0.1) is 0 Å². The van der Waals surface area contributed by atoms with Crippen LogP contribution in [0.2, 0.25) is 0 Å². The van der Waals surface area contributed by atoms with E-state index in [1.165, 1.54) is 12.1 Å². The van der Waals surface area contributed by atoms with Crippen LogP contribution in [0.3, 0.4) is 0 Å². The molecule has 6 heteroatoms. The highest BCUT2D eigenvalue weighted by molar-refractivity contribution is 14.1. The highest BCUT2D eigenvalue weighted by Crippen LogP contribution is 2.19. The molecule has 0 saturated heterocycles. The lowest BCUT2D eigenvalue weighted by molar-refractivity contribution is -0.384. The maximum Gasteiger partial charge on any atom is 0.270 e. The van der Waals surface area contributed by atoms with Crippen LogP contribution in [0.15, 0.2) is 18.2 Å². The number of amides is 1. The number of non-ortho nitro benzene ring substituents is 1. The second-order valence-corrected chi connectivity index (χ2v) is 6.09. The molecule has 0 heterocycles. The van der Waals surface area contributed by atoms with E-state index in [0.717, 1.165) is 6.42 Å². The largest absolute Gasteiger partial charge is 0.350 e. The molecule has 1 N–H and O–H groups in total. The molecule has 5 nitrogen and oxygen atoms in total. The lowest BCUT2D eigenvalue weighted by atomic mass is 10.0. The number of nitrogens with one attached hydrogen (secondary N) is 1. The molecule has 0 aliphatic heterocycles. The Morgan fingerprint density at radius 2 is 2.05 bits per heavy atom. The van der Waals surface area contributed by atoms with E-state index in [4.69, 9.17) is 0 Å². The summed E-state index contributed by atoms with van der Waals surface area (Å²) in [5, 5.41) is 13.6. The summed E-state index contributed by atoms with van der Waals surface area (Å²) in [5.41, 5.74) is 0.285. The highest BCUT2D eigenvalue weighted by atomic mass is 127. The molecule has 1 atom stereocenters. The molecule has 0 aromatic heterocycles. The Morgan fingerprint density at radius 3 is 2.58 bits per heavy atom. The van der Waals surface area contributed by atoms with E-state index in [0.29, 0.717) is 15.1 Å². The van der Waals surface area contributed by atoms with E-state index >= 15 is 0 Å². The fraction of sp³-hybridized carbons (Fsp3) is 0.462. The molecule has 0 radical (unpaired) electrons. The number of carbonyl (C=O) groups is 1. The molecule has 1 aromatic rings. The van der Waals surface area contributed by atoms with Crippen LogP contribution in [0.25, 0.3) is 0 Å². The summed E-state index contributed by atoms with van der Waals surface area (Å²) in [5.74, 6) is 0.223. The van der Waals surface area contributed by atoms with Crippen LogP contribution >= 0.6 is 22.6 Å². The van der Waals surface area contributed by atoms with Gasteiger partial charge < -0.3 is 5.32 Å². The van der Waals surface area contributed by atoms with Gasteiger partial charge in [0.2, 0.25) is 0 Å². The number of nitro groups is 1. The molecule has 0 aliphatic carbocycles. The molecule has 0 saturated carbocycles. The molecule has 104 valence electrons. The zero-order valence-electron chi connectivity index (χ0n) is 11.1. The van der Waals surface area contributed by atoms with Crippen LogP contribution in [0.5, 0.6) is 0 Å². The number of halogens is 1. The third-order valence-electron chi connectivity index (χ3n) is 2.61. The SMILES string of the molecule is CC(C)CC(C)NC(=O)c1cc([N+](=O)[O-])ccc1I. The molecule has 19 heavy (non-hydrogen) atoms.